The number of rotatable bonds is 4. The molecule has 0 bridgehead atoms. The van der Waals surface area contributed by atoms with Crippen molar-refractivity contribution in [2.45, 2.75) is 19.5 Å². The molecule has 0 amide bonds. The van der Waals surface area contributed by atoms with Crippen molar-refractivity contribution in [3.8, 4) is 11.5 Å². The number of hydrogen-bond acceptors (Lipinski definition) is 3. The summed E-state index contributed by atoms with van der Waals surface area (Å²) in [5, 5.41) is 4.18. The van der Waals surface area contributed by atoms with Crippen molar-refractivity contribution in [2.24, 2.45) is 0 Å². The lowest BCUT2D eigenvalue weighted by atomic mass is 10.2. The SMILES string of the molecule is Clc1cccc(CNCc2ccc3c(c2)OCCCO3)c1. The van der Waals surface area contributed by atoms with E-state index in [0.717, 1.165) is 42.6 Å². The average molecular weight is 304 g/mol. The van der Waals surface area contributed by atoms with Crippen LogP contribution >= 0.6 is 11.6 Å². The zero-order chi connectivity index (χ0) is 14.5. The van der Waals surface area contributed by atoms with E-state index < -0.39 is 0 Å². The molecule has 3 nitrogen and oxygen atoms in total. The molecule has 0 saturated heterocycles. The summed E-state index contributed by atoms with van der Waals surface area (Å²) in [6.45, 7) is 3.00. The van der Waals surface area contributed by atoms with E-state index in [4.69, 9.17) is 21.1 Å². The van der Waals surface area contributed by atoms with Gasteiger partial charge in [0.2, 0.25) is 0 Å². The highest BCUT2D eigenvalue weighted by atomic mass is 35.5. The van der Waals surface area contributed by atoms with Gasteiger partial charge in [-0.1, -0.05) is 29.8 Å². The molecule has 0 aliphatic carbocycles. The van der Waals surface area contributed by atoms with Gasteiger partial charge in [-0.05, 0) is 35.4 Å². The quantitative estimate of drug-likeness (QED) is 0.932. The molecule has 0 fully saturated rings. The van der Waals surface area contributed by atoms with Crippen molar-refractivity contribution in [3.05, 3.63) is 58.6 Å². The summed E-state index contributed by atoms with van der Waals surface area (Å²) in [6, 6.07) is 14.0. The predicted octanol–water partition coefficient (Wildman–Crippen LogP) is 3.79. The lowest BCUT2D eigenvalue weighted by Gasteiger charge is -2.10. The normalized spacial score (nSPS) is 13.8. The summed E-state index contributed by atoms with van der Waals surface area (Å²) < 4.78 is 11.3. The van der Waals surface area contributed by atoms with Crippen LogP contribution in [-0.2, 0) is 13.1 Å². The van der Waals surface area contributed by atoms with Gasteiger partial charge in [0.05, 0.1) is 13.2 Å². The van der Waals surface area contributed by atoms with Crippen molar-refractivity contribution >= 4 is 11.6 Å². The number of fused-ring (bicyclic) bond motifs is 1. The lowest BCUT2D eigenvalue weighted by Crippen LogP contribution is -2.12. The number of hydrogen-bond donors (Lipinski definition) is 1. The molecule has 2 aromatic rings. The van der Waals surface area contributed by atoms with Gasteiger partial charge >= 0.3 is 0 Å². The third-order valence-electron chi connectivity index (χ3n) is 3.36. The van der Waals surface area contributed by atoms with Gasteiger partial charge in [0.25, 0.3) is 0 Å². The largest absolute Gasteiger partial charge is 0.490 e. The van der Waals surface area contributed by atoms with Gasteiger partial charge in [-0.25, -0.2) is 0 Å². The first-order chi connectivity index (χ1) is 10.3. The Labute approximate surface area is 129 Å². The lowest BCUT2D eigenvalue weighted by molar-refractivity contribution is 0.297. The Kier molecular flexibility index (Phi) is 4.63. The van der Waals surface area contributed by atoms with Gasteiger partial charge in [-0.2, -0.15) is 0 Å². The van der Waals surface area contributed by atoms with Crippen molar-refractivity contribution in [2.75, 3.05) is 13.2 Å². The number of benzene rings is 2. The number of nitrogens with one attached hydrogen (secondary N) is 1. The van der Waals surface area contributed by atoms with Gasteiger partial charge in [0.15, 0.2) is 11.5 Å². The zero-order valence-corrected chi connectivity index (χ0v) is 12.5. The van der Waals surface area contributed by atoms with E-state index >= 15 is 0 Å². The summed E-state index contributed by atoms with van der Waals surface area (Å²) in [7, 11) is 0. The van der Waals surface area contributed by atoms with Crippen LogP contribution in [-0.4, -0.2) is 13.2 Å². The van der Waals surface area contributed by atoms with E-state index in [1.54, 1.807) is 0 Å². The number of ether oxygens (including phenoxy) is 2. The Hall–Kier alpha value is -1.71. The summed E-state index contributed by atoms with van der Waals surface area (Å²) in [5.74, 6) is 1.68. The summed E-state index contributed by atoms with van der Waals surface area (Å²) in [4.78, 5) is 0. The molecule has 1 aliphatic rings. The predicted molar refractivity (Wildman–Crippen MR) is 84.0 cm³/mol. The summed E-state index contributed by atoms with van der Waals surface area (Å²) >= 11 is 5.98. The van der Waals surface area contributed by atoms with Crippen LogP contribution in [0.3, 0.4) is 0 Å². The minimum atomic E-state index is 0.715. The van der Waals surface area contributed by atoms with Crippen molar-refractivity contribution < 1.29 is 9.47 Å². The molecule has 1 aliphatic heterocycles. The first-order valence-corrected chi connectivity index (χ1v) is 7.53. The van der Waals surface area contributed by atoms with E-state index in [9.17, 15) is 0 Å². The Bertz CT molecular complexity index is 615. The summed E-state index contributed by atoms with van der Waals surface area (Å²) in [5.41, 5.74) is 2.36. The van der Waals surface area contributed by atoms with Crippen LogP contribution in [0.1, 0.15) is 17.5 Å². The molecule has 0 aromatic heterocycles. The number of halogens is 1. The van der Waals surface area contributed by atoms with Crippen LogP contribution in [0.4, 0.5) is 0 Å². The van der Waals surface area contributed by atoms with Crippen molar-refractivity contribution in [1.82, 2.24) is 5.32 Å². The molecule has 4 heteroatoms. The fourth-order valence-corrected chi connectivity index (χ4v) is 2.53. The van der Waals surface area contributed by atoms with E-state index in [1.807, 2.05) is 30.3 Å². The van der Waals surface area contributed by atoms with E-state index in [-0.39, 0.29) is 0 Å². The first kappa shape index (κ1) is 14.2. The molecule has 0 saturated carbocycles. The second-order valence-corrected chi connectivity index (χ2v) is 5.50. The molecule has 1 heterocycles. The Balaban J connectivity index is 1.59. The molecular formula is C17H18ClNO2. The Morgan fingerprint density at radius 3 is 2.48 bits per heavy atom. The van der Waals surface area contributed by atoms with Crippen LogP contribution in [0.5, 0.6) is 11.5 Å². The van der Waals surface area contributed by atoms with E-state index in [1.165, 1.54) is 11.1 Å². The molecule has 0 spiro atoms. The van der Waals surface area contributed by atoms with Crippen LogP contribution in [0.25, 0.3) is 0 Å². The van der Waals surface area contributed by atoms with Crippen molar-refractivity contribution in [1.29, 1.82) is 0 Å². The molecule has 3 rings (SSSR count). The Morgan fingerprint density at radius 2 is 1.67 bits per heavy atom. The van der Waals surface area contributed by atoms with Crippen LogP contribution < -0.4 is 14.8 Å². The molecule has 0 unspecified atom stereocenters. The second kappa shape index (κ2) is 6.83. The molecule has 0 radical (unpaired) electrons. The minimum absolute atomic E-state index is 0.715. The standard InChI is InChI=1S/C17H18ClNO2/c18-15-4-1-3-13(9-15)11-19-12-14-5-6-16-17(10-14)21-8-2-7-20-16/h1,3-6,9-10,19H,2,7-8,11-12H2. The van der Waals surface area contributed by atoms with Gasteiger partial charge in [0.1, 0.15) is 0 Å². The highest BCUT2D eigenvalue weighted by molar-refractivity contribution is 6.30. The Morgan fingerprint density at radius 1 is 0.905 bits per heavy atom. The first-order valence-electron chi connectivity index (χ1n) is 7.15. The third-order valence-corrected chi connectivity index (χ3v) is 3.59. The molecule has 2 aromatic carbocycles. The highest BCUT2D eigenvalue weighted by Gasteiger charge is 2.10. The van der Waals surface area contributed by atoms with Crippen molar-refractivity contribution in [3.63, 3.8) is 0 Å². The third kappa shape index (κ3) is 3.90. The molecule has 1 N–H and O–H groups in total. The van der Waals surface area contributed by atoms with E-state index in [2.05, 4.69) is 17.4 Å². The fraction of sp³-hybridized carbons (Fsp3) is 0.294. The summed E-state index contributed by atoms with van der Waals surface area (Å²) in [6.07, 6.45) is 0.928. The van der Waals surface area contributed by atoms with Crippen LogP contribution in [0, 0.1) is 0 Å². The maximum atomic E-state index is 5.98. The topological polar surface area (TPSA) is 30.5 Å². The monoisotopic (exact) mass is 303 g/mol. The average Bonchev–Trinajstić information content (AvgIpc) is 2.72. The van der Waals surface area contributed by atoms with Crippen LogP contribution in [0.2, 0.25) is 5.02 Å². The van der Waals surface area contributed by atoms with Gasteiger partial charge < -0.3 is 14.8 Å². The smallest absolute Gasteiger partial charge is 0.161 e. The zero-order valence-electron chi connectivity index (χ0n) is 11.8. The van der Waals surface area contributed by atoms with Gasteiger partial charge in [-0.15, -0.1) is 0 Å². The highest BCUT2D eigenvalue weighted by Crippen LogP contribution is 2.30. The van der Waals surface area contributed by atoms with Crippen LogP contribution in [0.15, 0.2) is 42.5 Å². The molecule has 0 atom stereocenters. The minimum Gasteiger partial charge on any atom is -0.490 e. The second-order valence-electron chi connectivity index (χ2n) is 5.07. The maximum absolute atomic E-state index is 5.98. The fourth-order valence-electron chi connectivity index (χ4n) is 2.32. The van der Waals surface area contributed by atoms with Gasteiger partial charge in [0, 0.05) is 24.5 Å². The maximum Gasteiger partial charge on any atom is 0.161 e. The van der Waals surface area contributed by atoms with E-state index in [0.29, 0.717) is 6.61 Å². The van der Waals surface area contributed by atoms with Gasteiger partial charge in [-0.3, -0.25) is 0 Å². The molecule has 110 valence electrons. The molecule has 21 heavy (non-hydrogen) atoms. The molecular weight excluding hydrogens is 286 g/mol.